The van der Waals surface area contributed by atoms with E-state index in [1.54, 1.807) is 0 Å². The Balaban J connectivity index is 2.33. The molecule has 1 aliphatic carbocycles. The fourth-order valence-corrected chi connectivity index (χ4v) is 2.90. The van der Waals surface area contributed by atoms with Crippen molar-refractivity contribution in [3.05, 3.63) is 35.4 Å². The van der Waals surface area contributed by atoms with Crippen LogP contribution in [0.15, 0.2) is 18.2 Å². The van der Waals surface area contributed by atoms with Crippen molar-refractivity contribution in [2.24, 2.45) is 11.7 Å². The third kappa shape index (κ3) is 2.49. The topological polar surface area (TPSA) is 26.0 Å². The van der Waals surface area contributed by atoms with Gasteiger partial charge in [-0.25, -0.2) is 8.78 Å². The van der Waals surface area contributed by atoms with Crippen LogP contribution in [-0.4, -0.2) is 0 Å². The lowest BCUT2D eigenvalue weighted by atomic mass is 9.71. The molecule has 1 aromatic carbocycles. The van der Waals surface area contributed by atoms with Crippen molar-refractivity contribution < 1.29 is 8.78 Å². The zero-order chi connectivity index (χ0) is 12.5. The first-order chi connectivity index (χ1) is 8.05. The van der Waals surface area contributed by atoms with Crippen LogP contribution in [0.3, 0.4) is 0 Å². The van der Waals surface area contributed by atoms with Crippen LogP contribution in [0, 0.1) is 17.6 Å². The summed E-state index contributed by atoms with van der Waals surface area (Å²) in [6.45, 7) is 2.12. The van der Waals surface area contributed by atoms with Crippen LogP contribution < -0.4 is 5.73 Å². The molecule has 1 aliphatic rings. The zero-order valence-corrected chi connectivity index (χ0v) is 10.2. The second kappa shape index (κ2) is 4.73. The Kier molecular flexibility index (Phi) is 3.48. The molecule has 0 spiro atoms. The lowest BCUT2D eigenvalue weighted by Gasteiger charge is -2.38. The minimum atomic E-state index is -0.689. The van der Waals surface area contributed by atoms with Gasteiger partial charge in [-0.1, -0.05) is 26.2 Å². The van der Waals surface area contributed by atoms with Crippen LogP contribution in [0.25, 0.3) is 0 Å². The lowest BCUT2D eigenvalue weighted by molar-refractivity contribution is 0.216. The van der Waals surface area contributed by atoms with Crippen molar-refractivity contribution in [1.82, 2.24) is 0 Å². The van der Waals surface area contributed by atoms with E-state index in [1.807, 2.05) is 0 Å². The Morgan fingerprint density at radius 1 is 1.41 bits per heavy atom. The molecule has 0 heterocycles. The molecule has 1 aromatic rings. The second-order valence-corrected chi connectivity index (χ2v) is 5.15. The van der Waals surface area contributed by atoms with Crippen LogP contribution in [-0.2, 0) is 5.54 Å². The third-order valence-electron chi connectivity index (χ3n) is 3.93. The van der Waals surface area contributed by atoms with Gasteiger partial charge >= 0.3 is 0 Å². The van der Waals surface area contributed by atoms with Gasteiger partial charge in [0, 0.05) is 11.1 Å². The fourth-order valence-electron chi connectivity index (χ4n) is 2.90. The summed E-state index contributed by atoms with van der Waals surface area (Å²) in [5.74, 6) is -0.271. The molecule has 3 heteroatoms. The Bertz CT molecular complexity index is 405. The highest BCUT2D eigenvalue weighted by atomic mass is 19.1. The minimum Gasteiger partial charge on any atom is -0.321 e. The molecule has 2 N–H and O–H groups in total. The van der Waals surface area contributed by atoms with Gasteiger partial charge in [0.2, 0.25) is 0 Å². The molecule has 2 rings (SSSR count). The second-order valence-electron chi connectivity index (χ2n) is 5.15. The monoisotopic (exact) mass is 239 g/mol. The van der Waals surface area contributed by atoms with Crippen molar-refractivity contribution in [2.75, 3.05) is 0 Å². The van der Waals surface area contributed by atoms with Gasteiger partial charge in [-0.15, -0.1) is 0 Å². The highest BCUT2D eigenvalue weighted by Gasteiger charge is 2.35. The normalized spacial score (nSPS) is 29.3. The molecule has 0 radical (unpaired) electrons. The lowest BCUT2D eigenvalue weighted by Crippen LogP contribution is -2.42. The maximum atomic E-state index is 13.8. The minimum absolute atomic E-state index is 0.343. The van der Waals surface area contributed by atoms with E-state index in [0.717, 1.165) is 38.2 Å². The largest absolute Gasteiger partial charge is 0.321 e. The van der Waals surface area contributed by atoms with Gasteiger partial charge < -0.3 is 5.73 Å². The predicted octanol–water partition coefficient (Wildman–Crippen LogP) is 3.72. The van der Waals surface area contributed by atoms with E-state index in [9.17, 15) is 8.78 Å². The molecule has 2 unspecified atom stereocenters. The van der Waals surface area contributed by atoms with E-state index < -0.39 is 11.4 Å². The Morgan fingerprint density at radius 3 is 2.88 bits per heavy atom. The van der Waals surface area contributed by atoms with E-state index in [4.69, 9.17) is 5.73 Å². The van der Waals surface area contributed by atoms with Gasteiger partial charge in [-0.3, -0.25) is 0 Å². The summed E-state index contributed by atoms with van der Waals surface area (Å²) < 4.78 is 27.0. The van der Waals surface area contributed by atoms with E-state index in [2.05, 4.69) is 6.92 Å². The number of halogens is 2. The predicted molar refractivity (Wildman–Crippen MR) is 64.5 cm³/mol. The fraction of sp³-hybridized carbons (Fsp3) is 0.571. The van der Waals surface area contributed by atoms with Crippen molar-refractivity contribution >= 4 is 0 Å². The van der Waals surface area contributed by atoms with Crippen molar-refractivity contribution in [3.63, 3.8) is 0 Å². The smallest absolute Gasteiger partial charge is 0.128 e. The van der Waals surface area contributed by atoms with Crippen LogP contribution >= 0.6 is 0 Å². The molecular formula is C14H19F2N. The first-order valence-corrected chi connectivity index (χ1v) is 6.29. The summed E-state index contributed by atoms with van der Waals surface area (Å²) in [6, 6.07) is 3.57. The van der Waals surface area contributed by atoms with Crippen molar-refractivity contribution in [2.45, 2.75) is 44.6 Å². The van der Waals surface area contributed by atoms with Gasteiger partial charge in [0.05, 0.1) is 0 Å². The summed E-state index contributed by atoms with van der Waals surface area (Å²) in [5, 5.41) is 0. The summed E-state index contributed by atoms with van der Waals surface area (Å²) in [5.41, 5.74) is 5.96. The van der Waals surface area contributed by atoms with Crippen molar-refractivity contribution in [1.29, 1.82) is 0 Å². The van der Waals surface area contributed by atoms with Gasteiger partial charge in [-0.05, 0) is 37.0 Å². The van der Waals surface area contributed by atoms with E-state index >= 15 is 0 Å². The van der Waals surface area contributed by atoms with Gasteiger partial charge in [-0.2, -0.15) is 0 Å². The average Bonchev–Trinajstić information content (AvgIpc) is 2.32. The molecule has 1 nitrogen and oxygen atoms in total. The first kappa shape index (κ1) is 12.5. The number of rotatable bonds is 2. The molecule has 0 bridgehead atoms. The highest BCUT2D eigenvalue weighted by molar-refractivity contribution is 5.27. The van der Waals surface area contributed by atoms with Crippen LogP contribution in [0.5, 0.6) is 0 Å². The Hall–Kier alpha value is -0.960. The maximum Gasteiger partial charge on any atom is 0.128 e. The van der Waals surface area contributed by atoms with Gasteiger partial charge in [0.25, 0.3) is 0 Å². The molecule has 1 saturated carbocycles. The molecule has 94 valence electrons. The summed E-state index contributed by atoms with van der Waals surface area (Å²) >= 11 is 0. The quantitative estimate of drug-likeness (QED) is 0.836. The number of hydrogen-bond acceptors (Lipinski definition) is 1. The highest BCUT2D eigenvalue weighted by Crippen LogP contribution is 2.40. The molecule has 0 aliphatic heterocycles. The number of hydrogen-bond donors (Lipinski definition) is 1. The Labute approximate surface area is 101 Å². The first-order valence-electron chi connectivity index (χ1n) is 6.29. The van der Waals surface area contributed by atoms with Crippen LogP contribution in [0.2, 0.25) is 0 Å². The standard InChI is InChI=1S/C14H19F2N/c1-2-10-4-3-7-14(17,9-10)12-8-11(15)5-6-13(12)16/h5-6,8,10H,2-4,7,9,17H2,1H3. The molecule has 1 fully saturated rings. The summed E-state index contributed by atoms with van der Waals surface area (Å²) in [7, 11) is 0. The molecule has 2 atom stereocenters. The molecule has 0 saturated heterocycles. The summed E-state index contributed by atoms with van der Waals surface area (Å²) in [4.78, 5) is 0. The number of benzene rings is 1. The van der Waals surface area contributed by atoms with E-state index in [0.29, 0.717) is 11.5 Å². The SMILES string of the molecule is CCC1CCCC(N)(c2cc(F)ccc2F)C1. The van der Waals surface area contributed by atoms with Crippen LogP contribution in [0.4, 0.5) is 8.78 Å². The Morgan fingerprint density at radius 2 is 2.18 bits per heavy atom. The molecule has 0 amide bonds. The third-order valence-corrected chi connectivity index (χ3v) is 3.93. The average molecular weight is 239 g/mol. The van der Waals surface area contributed by atoms with E-state index in [-0.39, 0.29) is 5.82 Å². The maximum absolute atomic E-state index is 13.8. The number of nitrogens with two attached hydrogens (primary N) is 1. The van der Waals surface area contributed by atoms with Crippen LogP contribution in [0.1, 0.15) is 44.6 Å². The van der Waals surface area contributed by atoms with E-state index in [1.165, 1.54) is 12.1 Å². The molecular weight excluding hydrogens is 220 g/mol. The molecule has 0 aromatic heterocycles. The zero-order valence-electron chi connectivity index (χ0n) is 10.2. The summed E-state index contributed by atoms with van der Waals surface area (Å²) in [6.07, 6.45) is 4.68. The van der Waals surface area contributed by atoms with Crippen molar-refractivity contribution in [3.8, 4) is 0 Å². The van der Waals surface area contributed by atoms with Gasteiger partial charge in [0.15, 0.2) is 0 Å². The molecule has 17 heavy (non-hydrogen) atoms. The van der Waals surface area contributed by atoms with Gasteiger partial charge in [0.1, 0.15) is 11.6 Å².